The average Bonchev–Trinajstić information content (AvgIpc) is 3.16. The molecule has 0 N–H and O–H groups in total. The molecule has 1 saturated heterocycles. The van der Waals surface area contributed by atoms with E-state index in [0.717, 1.165) is 55.7 Å². The Kier molecular flexibility index (Phi) is 8.74. The van der Waals surface area contributed by atoms with Crippen LogP contribution in [0.1, 0.15) is 71.7 Å². The summed E-state index contributed by atoms with van der Waals surface area (Å²) in [6, 6.07) is 8.28. The molecule has 0 saturated carbocycles. The lowest BCUT2D eigenvalue weighted by Crippen LogP contribution is -2.48. The van der Waals surface area contributed by atoms with E-state index in [0.29, 0.717) is 18.9 Å². The predicted molar refractivity (Wildman–Crippen MR) is 135 cm³/mol. The zero-order valence-electron chi connectivity index (χ0n) is 20.8. The number of amides is 2. The number of para-hydroxylation sites is 1. The van der Waals surface area contributed by atoms with Gasteiger partial charge in [0.15, 0.2) is 0 Å². The van der Waals surface area contributed by atoms with Gasteiger partial charge >= 0.3 is 6.09 Å². The summed E-state index contributed by atoms with van der Waals surface area (Å²) in [6.07, 6.45) is 5.12. The van der Waals surface area contributed by atoms with Crippen molar-refractivity contribution in [2.75, 3.05) is 19.6 Å². The summed E-state index contributed by atoms with van der Waals surface area (Å²) in [5, 5.41) is 1.15. The van der Waals surface area contributed by atoms with E-state index in [4.69, 9.17) is 4.74 Å². The molecule has 33 heavy (non-hydrogen) atoms. The van der Waals surface area contributed by atoms with Gasteiger partial charge in [0, 0.05) is 32.1 Å². The van der Waals surface area contributed by atoms with Crippen LogP contribution in [-0.4, -0.2) is 58.1 Å². The second-order valence-corrected chi connectivity index (χ2v) is 11.5. The molecule has 2 amide bonds. The molecule has 6 nitrogen and oxygen atoms in total. The fourth-order valence-electron chi connectivity index (χ4n) is 4.27. The van der Waals surface area contributed by atoms with Gasteiger partial charge in [-0.15, -0.1) is 11.3 Å². The molecule has 0 spiro atoms. The zero-order valence-corrected chi connectivity index (χ0v) is 21.6. The molecular formula is C26H39N3O3S. The minimum Gasteiger partial charge on any atom is -0.444 e. The number of carbonyl (C=O) groups is 2. The van der Waals surface area contributed by atoms with Gasteiger partial charge in [0.1, 0.15) is 5.60 Å². The number of ether oxygens (including phenoxy) is 1. The first kappa shape index (κ1) is 25.5. The number of hydrogen-bond donors (Lipinski definition) is 0. The molecule has 0 aliphatic carbocycles. The van der Waals surface area contributed by atoms with Gasteiger partial charge in [0.2, 0.25) is 5.91 Å². The van der Waals surface area contributed by atoms with Crippen molar-refractivity contribution in [3.8, 4) is 0 Å². The highest BCUT2D eigenvalue weighted by Gasteiger charge is 2.30. The van der Waals surface area contributed by atoms with Crippen molar-refractivity contribution < 1.29 is 14.3 Å². The number of fused-ring (bicyclic) bond motifs is 1. The van der Waals surface area contributed by atoms with Crippen LogP contribution in [0, 0.1) is 5.92 Å². The van der Waals surface area contributed by atoms with Gasteiger partial charge in [0.05, 0.1) is 15.2 Å². The van der Waals surface area contributed by atoms with Crippen molar-refractivity contribution in [3.63, 3.8) is 0 Å². The second kappa shape index (κ2) is 11.3. The summed E-state index contributed by atoms with van der Waals surface area (Å²) in [5.74, 6) is 0.526. The second-order valence-electron chi connectivity index (χ2n) is 10.4. The van der Waals surface area contributed by atoms with Crippen LogP contribution in [-0.2, 0) is 16.0 Å². The number of benzene rings is 1. The van der Waals surface area contributed by atoms with Crippen molar-refractivity contribution in [1.29, 1.82) is 0 Å². The Morgan fingerprint density at radius 3 is 2.70 bits per heavy atom. The zero-order chi connectivity index (χ0) is 24.0. The number of piperidine rings is 1. The molecule has 0 bridgehead atoms. The molecule has 182 valence electrons. The van der Waals surface area contributed by atoms with Crippen LogP contribution in [0.25, 0.3) is 10.2 Å². The number of carbonyl (C=O) groups excluding carboxylic acids is 2. The lowest BCUT2D eigenvalue weighted by Gasteiger charge is -2.37. The fourth-order valence-corrected chi connectivity index (χ4v) is 5.28. The largest absolute Gasteiger partial charge is 0.444 e. The highest BCUT2D eigenvalue weighted by molar-refractivity contribution is 7.18. The first-order chi connectivity index (χ1) is 15.6. The van der Waals surface area contributed by atoms with Gasteiger partial charge in [-0.1, -0.05) is 12.1 Å². The number of aryl methyl sites for hydroxylation is 1. The molecule has 2 aromatic rings. The smallest absolute Gasteiger partial charge is 0.410 e. The molecule has 2 heterocycles. The summed E-state index contributed by atoms with van der Waals surface area (Å²) in [4.78, 5) is 34.0. The van der Waals surface area contributed by atoms with E-state index >= 15 is 0 Å². The molecule has 1 atom stereocenters. The topological polar surface area (TPSA) is 62.7 Å². The van der Waals surface area contributed by atoms with E-state index in [2.05, 4.69) is 17.1 Å². The maximum Gasteiger partial charge on any atom is 0.410 e. The Morgan fingerprint density at radius 2 is 2.00 bits per heavy atom. The first-order valence-electron chi connectivity index (χ1n) is 12.2. The normalized spacial score (nSPS) is 16.9. The Hall–Kier alpha value is -2.15. The summed E-state index contributed by atoms with van der Waals surface area (Å²) >= 11 is 1.75. The molecule has 1 aliphatic heterocycles. The van der Waals surface area contributed by atoms with Crippen LogP contribution in [0.3, 0.4) is 0 Å². The van der Waals surface area contributed by atoms with Gasteiger partial charge in [0.25, 0.3) is 0 Å². The monoisotopic (exact) mass is 473 g/mol. The van der Waals surface area contributed by atoms with Gasteiger partial charge in [-0.05, 0) is 84.8 Å². The third-order valence-electron chi connectivity index (χ3n) is 5.95. The number of aromatic nitrogens is 1. The Bertz CT molecular complexity index is 901. The quantitative estimate of drug-likeness (QED) is 0.448. The molecule has 1 unspecified atom stereocenters. The van der Waals surface area contributed by atoms with E-state index < -0.39 is 5.60 Å². The molecular weight excluding hydrogens is 434 g/mol. The van der Waals surface area contributed by atoms with Crippen LogP contribution in [0.5, 0.6) is 0 Å². The summed E-state index contributed by atoms with van der Waals surface area (Å²) in [7, 11) is 0. The van der Waals surface area contributed by atoms with E-state index in [-0.39, 0.29) is 18.0 Å². The average molecular weight is 474 g/mol. The van der Waals surface area contributed by atoms with Crippen molar-refractivity contribution in [2.24, 2.45) is 5.92 Å². The van der Waals surface area contributed by atoms with Crippen LogP contribution >= 0.6 is 11.3 Å². The van der Waals surface area contributed by atoms with Crippen LogP contribution in [0.4, 0.5) is 4.79 Å². The van der Waals surface area contributed by atoms with Gasteiger partial charge < -0.3 is 14.5 Å². The lowest BCUT2D eigenvalue weighted by molar-refractivity contribution is -0.133. The third-order valence-corrected chi connectivity index (χ3v) is 7.04. The van der Waals surface area contributed by atoms with Gasteiger partial charge in [-0.3, -0.25) is 4.79 Å². The Balaban J connectivity index is 1.44. The van der Waals surface area contributed by atoms with E-state index in [1.807, 2.05) is 56.6 Å². The Labute approximate surface area is 202 Å². The minimum absolute atomic E-state index is 0.0634. The van der Waals surface area contributed by atoms with Crippen molar-refractivity contribution >= 4 is 33.6 Å². The number of likely N-dealkylation sites (tertiary alicyclic amines) is 1. The van der Waals surface area contributed by atoms with Crippen molar-refractivity contribution in [3.05, 3.63) is 29.3 Å². The third kappa shape index (κ3) is 7.70. The molecule has 1 fully saturated rings. The highest BCUT2D eigenvalue weighted by atomic mass is 32.1. The van der Waals surface area contributed by atoms with Crippen molar-refractivity contribution in [2.45, 2.75) is 84.8 Å². The van der Waals surface area contributed by atoms with E-state index in [1.165, 1.54) is 4.70 Å². The van der Waals surface area contributed by atoms with Crippen LogP contribution in [0.2, 0.25) is 0 Å². The van der Waals surface area contributed by atoms with Crippen LogP contribution in [0.15, 0.2) is 24.3 Å². The molecule has 3 rings (SSSR count). The Morgan fingerprint density at radius 1 is 1.24 bits per heavy atom. The number of rotatable bonds is 8. The maximum absolute atomic E-state index is 12.8. The minimum atomic E-state index is -0.510. The number of unbranched alkanes of at least 4 members (excludes halogenated alkanes) is 1. The number of hydrogen-bond acceptors (Lipinski definition) is 5. The molecule has 1 aromatic carbocycles. The van der Waals surface area contributed by atoms with E-state index in [9.17, 15) is 9.59 Å². The fraction of sp³-hybridized carbons (Fsp3) is 0.654. The maximum atomic E-state index is 12.8. The SMILES string of the molecule is CC(C)N(CC1CCCN(C(=O)CCCCc2nc3ccccc3s2)C1)C(=O)OC(C)(C)C. The molecule has 1 aromatic heterocycles. The molecule has 7 heteroatoms. The van der Waals surface area contributed by atoms with Crippen molar-refractivity contribution in [1.82, 2.24) is 14.8 Å². The standard InChI is InChI=1S/C26H39N3O3S/c1-19(2)29(25(31)32-26(3,4)5)18-20-11-10-16-28(17-20)24(30)15-9-8-14-23-27-21-12-6-7-13-22(21)33-23/h6-7,12-13,19-20H,8-11,14-18H2,1-5H3. The van der Waals surface area contributed by atoms with Gasteiger partial charge in [-0.2, -0.15) is 0 Å². The summed E-state index contributed by atoms with van der Waals surface area (Å²) < 4.78 is 6.83. The van der Waals surface area contributed by atoms with Crippen LogP contribution < -0.4 is 0 Å². The molecule has 0 radical (unpaired) electrons. The number of nitrogens with zero attached hydrogens (tertiary/aromatic N) is 3. The first-order valence-corrected chi connectivity index (χ1v) is 13.1. The number of thiazole rings is 1. The van der Waals surface area contributed by atoms with E-state index in [1.54, 1.807) is 11.3 Å². The highest BCUT2D eigenvalue weighted by Crippen LogP contribution is 2.24. The van der Waals surface area contributed by atoms with Gasteiger partial charge in [-0.25, -0.2) is 9.78 Å². The summed E-state index contributed by atoms with van der Waals surface area (Å²) in [6.45, 7) is 11.9. The lowest BCUT2D eigenvalue weighted by atomic mass is 9.96. The predicted octanol–water partition coefficient (Wildman–Crippen LogP) is 5.89. The molecule has 1 aliphatic rings. The summed E-state index contributed by atoms with van der Waals surface area (Å²) in [5.41, 5.74) is 0.555.